The summed E-state index contributed by atoms with van der Waals surface area (Å²) in [6.45, 7) is 1.90. The lowest BCUT2D eigenvalue weighted by Gasteiger charge is -2.11. The topological polar surface area (TPSA) is 85.4 Å². The quantitative estimate of drug-likeness (QED) is 0.455. The maximum atomic E-state index is 11.4. The Balaban J connectivity index is 3.12. The van der Waals surface area contributed by atoms with Gasteiger partial charge < -0.3 is 15.2 Å². The van der Waals surface area contributed by atoms with E-state index in [1.54, 1.807) is 25.1 Å². The molecule has 0 aromatic heterocycles. The summed E-state index contributed by atoms with van der Waals surface area (Å²) in [4.78, 5) is 11.4. The van der Waals surface area contributed by atoms with E-state index in [-0.39, 0.29) is 17.9 Å². The molecule has 0 aliphatic carbocycles. The zero-order valence-corrected chi connectivity index (χ0v) is 9.24. The molecule has 3 N–H and O–H groups in total. The monoisotopic (exact) mass is 222 g/mol. The van der Waals surface area contributed by atoms with E-state index in [9.17, 15) is 4.79 Å². The minimum atomic E-state index is -0.710. The Morgan fingerprint density at radius 2 is 2.19 bits per heavy atom. The van der Waals surface area contributed by atoms with Crippen LogP contribution >= 0.6 is 0 Å². The van der Waals surface area contributed by atoms with Crippen molar-refractivity contribution in [3.8, 4) is 5.75 Å². The molecule has 0 radical (unpaired) electrons. The standard InChI is InChI=1S/C11H14N2O3/c1-3-16-11(14)10(13)9-7(12)5-4-6-8(9)15-2/h4-6,13H,3,12H2,1-2H3. The van der Waals surface area contributed by atoms with Crippen LogP contribution in [0.1, 0.15) is 12.5 Å². The van der Waals surface area contributed by atoms with Crippen LogP contribution in [0.25, 0.3) is 0 Å². The summed E-state index contributed by atoms with van der Waals surface area (Å²) in [5.41, 5.74) is 5.99. The van der Waals surface area contributed by atoms with Crippen LogP contribution in [-0.2, 0) is 9.53 Å². The molecule has 1 aromatic rings. The van der Waals surface area contributed by atoms with Gasteiger partial charge in [0.15, 0.2) is 5.71 Å². The van der Waals surface area contributed by atoms with Gasteiger partial charge in [0.1, 0.15) is 5.75 Å². The largest absolute Gasteiger partial charge is 0.496 e. The molecule has 0 saturated heterocycles. The van der Waals surface area contributed by atoms with Gasteiger partial charge in [0, 0.05) is 5.69 Å². The van der Waals surface area contributed by atoms with Gasteiger partial charge in [-0.3, -0.25) is 5.41 Å². The average molecular weight is 222 g/mol. The van der Waals surface area contributed by atoms with Crippen LogP contribution in [0.5, 0.6) is 5.75 Å². The average Bonchev–Trinajstić information content (AvgIpc) is 2.28. The number of nitrogens with two attached hydrogens (primary N) is 1. The Kier molecular flexibility index (Phi) is 3.88. The Bertz CT molecular complexity index is 416. The maximum absolute atomic E-state index is 11.4. The smallest absolute Gasteiger partial charge is 0.357 e. The summed E-state index contributed by atoms with van der Waals surface area (Å²) in [5, 5.41) is 7.69. The zero-order chi connectivity index (χ0) is 12.1. The van der Waals surface area contributed by atoms with E-state index in [4.69, 9.17) is 20.6 Å². The van der Waals surface area contributed by atoms with Gasteiger partial charge in [-0.25, -0.2) is 4.79 Å². The van der Waals surface area contributed by atoms with Crippen LogP contribution in [0.2, 0.25) is 0 Å². The molecule has 0 fully saturated rings. The first kappa shape index (κ1) is 12.0. The van der Waals surface area contributed by atoms with Gasteiger partial charge in [-0.15, -0.1) is 0 Å². The number of nitrogens with one attached hydrogen (secondary N) is 1. The lowest BCUT2D eigenvalue weighted by Crippen LogP contribution is -2.19. The highest BCUT2D eigenvalue weighted by atomic mass is 16.5. The molecule has 16 heavy (non-hydrogen) atoms. The van der Waals surface area contributed by atoms with Gasteiger partial charge in [-0.2, -0.15) is 0 Å². The summed E-state index contributed by atoms with van der Waals surface area (Å²) < 4.78 is 9.78. The fourth-order valence-corrected chi connectivity index (χ4v) is 1.29. The summed E-state index contributed by atoms with van der Waals surface area (Å²) in [6, 6.07) is 4.93. The molecular weight excluding hydrogens is 208 g/mol. The highest BCUT2D eigenvalue weighted by molar-refractivity contribution is 6.43. The number of hydrogen-bond donors (Lipinski definition) is 2. The molecule has 1 rings (SSSR count). The van der Waals surface area contributed by atoms with Gasteiger partial charge in [0.05, 0.1) is 19.3 Å². The maximum Gasteiger partial charge on any atom is 0.357 e. The van der Waals surface area contributed by atoms with Crippen molar-refractivity contribution in [2.24, 2.45) is 0 Å². The fraction of sp³-hybridized carbons (Fsp3) is 0.273. The Morgan fingerprint density at radius 3 is 2.75 bits per heavy atom. The van der Waals surface area contributed by atoms with E-state index in [0.29, 0.717) is 11.4 Å². The van der Waals surface area contributed by atoms with Crippen LogP contribution in [0.15, 0.2) is 18.2 Å². The number of ether oxygens (including phenoxy) is 2. The second kappa shape index (κ2) is 5.16. The zero-order valence-electron chi connectivity index (χ0n) is 9.24. The van der Waals surface area contributed by atoms with Crippen LogP contribution in [0, 0.1) is 5.41 Å². The van der Waals surface area contributed by atoms with Crippen LogP contribution in [-0.4, -0.2) is 25.4 Å². The molecule has 0 aliphatic heterocycles. The number of nitrogen functional groups attached to an aromatic ring is 1. The Labute approximate surface area is 93.7 Å². The minimum absolute atomic E-state index is 0.219. The number of hydrogen-bond acceptors (Lipinski definition) is 5. The predicted molar refractivity (Wildman–Crippen MR) is 60.9 cm³/mol. The molecule has 1 aromatic carbocycles. The molecule has 0 heterocycles. The third-order valence-corrected chi connectivity index (χ3v) is 2.01. The minimum Gasteiger partial charge on any atom is -0.496 e. The summed E-state index contributed by atoms with van der Waals surface area (Å²) in [5.74, 6) is -0.322. The van der Waals surface area contributed by atoms with Crippen molar-refractivity contribution in [1.29, 1.82) is 5.41 Å². The first-order chi connectivity index (χ1) is 7.61. The predicted octanol–water partition coefficient (Wildman–Crippen LogP) is 1.21. The summed E-state index contributed by atoms with van der Waals surface area (Å²) in [7, 11) is 1.46. The molecule has 0 unspecified atom stereocenters. The Morgan fingerprint density at radius 1 is 1.50 bits per heavy atom. The van der Waals surface area contributed by atoms with E-state index in [2.05, 4.69) is 0 Å². The second-order valence-corrected chi connectivity index (χ2v) is 3.02. The highest BCUT2D eigenvalue weighted by Crippen LogP contribution is 2.24. The van der Waals surface area contributed by atoms with E-state index in [0.717, 1.165) is 0 Å². The molecule has 0 amide bonds. The van der Waals surface area contributed by atoms with E-state index in [1.807, 2.05) is 0 Å². The number of carbonyl (C=O) groups excluding carboxylic acids is 1. The molecule has 0 aliphatic rings. The molecule has 0 saturated carbocycles. The van der Waals surface area contributed by atoms with Gasteiger partial charge in [-0.05, 0) is 19.1 Å². The third kappa shape index (κ3) is 2.31. The molecule has 0 bridgehead atoms. The van der Waals surface area contributed by atoms with Crippen molar-refractivity contribution in [3.63, 3.8) is 0 Å². The number of carbonyl (C=O) groups is 1. The van der Waals surface area contributed by atoms with E-state index < -0.39 is 5.97 Å². The van der Waals surface area contributed by atoms with Crippen molar-refractivity contribution in [2.75, 3.05) is 19.5 Å². The summed E-state index contributed by atoms with van der Waals surface area (Å²) >= 11 is 0. The van der Waals surface area contributed by atoms with Gasteiger partial charge in [0.2, 0.25) is 0 Å². The third-order valence-electron chi connectivity index (χ3n) is 2.01. The van der Waals surface area contributed by atoms with Crippen molar-refractivity contribution in [1.82, 2.24) is 0 Å². The SMILES string of the molecule is CCOC(=O)C(=N)c1c(N)cccc1OC. The van der Waals surface area contributed by atoms with Crippen molar-refractivity contribution < 1.29 is 14.3 Å². The number of esters is 1. The van der Waals surface area contributed by atoms with Crippen LogP contribution < -0.4 is 10.5 Å². The molecule has 86 valence electrons. The normalized spacial score (nSPS) is 9.62. The van der Waals surface area contributed by atoms with E-state index >= 15 is 0 Å². The lowest BCUT2D eigenvalue weighted by molar-refractivity contribution is -0.135. The first-order valence-corrected chi connectivity index (χ1v) is 4.80. The fourth-order valence-electron chi connectivity index (χ4n) is 1.29. The van der Waals surface area contributed by atoms with Crippen molar-refractivity contribution in [2.45, 2.75) is 6.92 Å². The second-order valence-electron chi connectivity index (χ2n) is 3.02. The number of anilines is 1. The highest BCUT2D eigenvalue weighted by Gasteiger charge is 2.19. The first-order valence-electron chi connectivity index (χ1n) is 4.80. The van der Waals surface area contributed by atoms with Crippen LogP contribution in [0.4, 0.5) is 5.69 Å². The summed E-state index contributed by atoms with van der Waals surface area (Å²) in [6.07, 6.45) is 0. The molecule has 0 atom stereocenters. The van der Waals surface area contributed by atoms with Gasteiger partial charge in [0.25, 0.3) is 0 Å². The number of methoxy groups -OCH3 is 1. The van der Waals surface area contributed by atoms with Crippen LogP contribution in [0.3, 0.4) is 0 Å². The molecule has 0 spiro atoms. The van der Waals surface area contributed by atoms with Gasteiger partial charge in [-0.1, -0.05) is 6.07 Å². The number of rotatable bonds is 4. The number of benzene rings is 1. The molecule has 5 heteroatoms. The van der Waals surface area contributed by atoms with E-state index in [1.165, 1.54) is 7.11 Å². The van der Waals surface area contributed by atoms with Gasteiger partial charge >= 0.3 is 5.97 Å². The molecule has 5 nitrogen and oxygen atoms in total. The Hall–Kier alpha value is -2.04. The lowest BCUT2D eigenvalue weighted by atomic mass is 10.1. The van der Waals surface area contributed by atoms with Crippen molar-refractivity contribution >= 4 is 17.4 Å². The van der Waals surface area contributed by atoms with Crippen molar-refractivity contribution in [3.05, 3.63) is 23.8 Å². The molecular formula is C11H14N2O3.